The van der Waals surface area contributed by atoms with E-state index in [-0.39, 0.29) is 5.41 Å². The van der Waals surface area contributed by atoms with E-state index in [1.807, 2.05) is 0 Å². The molecule has 0 bridgehead atoms. The largest absolute Gasteiger partial charge is 0.481 e. The number of hydrogen-bond donors (Lipinski definition) is 1. The van der Waals surface area contributed by atoms with Gasteiger partial charge < -0.3 is 5.11 Å². The Labute approximate surface area is 92.1 Å². The summed E-state index contributed by atoms with van der Waals surface area (Å²) in [5, 5.41) is 9.06. The average molecular weight is 210 g/mol. The SMILES string of the molecule is CC1(C2(CC(=O)O)CCC2)CCCCC1. The van der Waals surface area contributed by atoms with E-state index in [0.29, 0.717) is 11.8 Å². The maximum atomic E-state index is 11.0. The monoisotopic (exact) mass is 210 g/mol. The molecule has 0 aliphatic heterocycles. The second-order valence-electron chi connectivity index (χ2n) is 5.83. The fourth-order valence-corrected chi connectivity index (χ4v) is 3.75. The molecule has 86 valence electrons. The minimum absolute atomic E-state index is 0.152. The second kappa shape index (κ2) is 3.80. The zero-order valence-electron chi connectivity index (χ0n) is 9.72. The topological polar surface area (TPSA) is 37.3 Å². The molecule has 2 heteroatoms. The van der Waals surface area contributed by atoms with E-state index in [4.69, 9.17) is 5.11 Å². The third kappa shape index (κ3) is 1.79. The van der Waals surface area contributed by atoms with Crippen LogP contribution in [0.2, 0.25) is 0 Å². The van der Waals surface area contributed by atoms with Crippen molar-refractivity contribution in [1.82, 2.24) is 0 Å². The number of carboxylic acids is 1. The lowest BCUT2D eigenvalue weighted by Gasteiger charge is -2.56. The molecule has 0 heterocycles. The minimum Gasteiger partial charge on any atom is -0.481 e. The molecule has 0 amide bonds. The van der Waals surface area contributed by atoms with E-state index >= 15 is 0 Å². The number of carbonyl (C=O) groups is 1. The molecule has 2 nitrogen and oxygen atoms in total. The first-order valence-electron chi connectivity index (χ1n) is 6.30. The molecule has 0 aromatic rings. The van der Waals surface area contributed by atoms with E-state index in [0.717, 1.165) is 12.8 Å². The molecular formula is C13H22O2. The van der Waals surface area contributed by atoms with Crippen molar-refractivity contribution in [1.29, 1.82) is 0 Å². The van der Waals surface area contributed by atoms with Crippen LogP contribution in [0, 0.1) is 10.8 Å². The van der Waals surface area contributed by atoms with Gasteiger partial charge in [0.25, 0.3) is 0 Å². The van der Waals surface area contributed by atoms with Crippen LogP contribution in [0.5, 0.6) is 0 Å². The van der Waals surface area contributed by atoms with Gasteiger partial charge in [0.1, 0.15) is 0 Å². The fourth-order valence-electron chi connectivity index (χ4n) is 3.75. The van der Waals surface area contributed by atoms with Crippen LogP contribution < -0.4 is 0 Å². The summed E-state index contributed by atoms with van der Waals surface area (Å²) in [5.74, 6) is -0.596. The van der Waals surface area contributed by atoms with Crippen LogP contribution >= 0.6 is 0 Å². The number of hydrogen-bond acceptors (Lipinski definition) is 1. The van der Waals surface area contributed by atoms with E-state index in [1.54, 1.807) is 0 Å². The van der Waals surface area contributed by atoms with Crippen LogP contribution in [-0.4, -0.2) is 11.1 Å². The van der Waals surface area contributed by atoms with Crippen molar-refractivity contribution in [3.05, 3.63) is 0 Å². The zero-order chi connectivity index (χ0) is 10.9. The van der Waals surface area contributed by atoms with Crippen LogP contribution in [0.15, 0.2) is 0 Å². The van der Waals surface area contributed by atoms with Crippen LogP contribution in [-0.2, 0) is 4.79 Å². The van der Waals surface area contributed by atoms with Crippen molar-refractivity contribution in [2.24, 2.45) is 10.8 Å². The number of carboxylic acid groups (broad SMARTS) is 1. The van der Waals surface area contributed by atoms with Crippen LogP contribution in [0.4, 0.5) is 0 Å². The molecule has 1 N–H and O–H groups in total. The molecule has 0 saturated heterocycles. The lowest BCUT2D eigenvalue weighted by Crippen LogP contribution is -2.47. The van der Waals surface area contributed by atoms with Gasteiger partial charge in [0.05, 0.1) is 6.42 Å². The maximum absolute atomic E-state index is 11.0. The Morgan fingerprint density at radius 3 is 2.07 bits per heavy atom. The predicted octanol–water partition coefficient (Wildman–Crippen LogP) is 3.60. The molecule has 2 aliphatic rings. The maximum Gasteiger partial charge on any atom is 0.303 e. The van der Waals surface area contributed by atoms with Gasteiger partial charge in [0.2, 0.25) is 0 Å². The van der Waals surface area contributed by atoms with Gasteiger partial charge >= 0.3 is 5.97 Å². The summed E-state index contributed by atoms with van der Waals surface area (Å²) in [6.07, 6.45) is 10.4. The third-order valence-electron chi connectivity index (χ3n) is 5.04. The van der Waals surface area contributed by atoms with Gasteiger partial charge in [-0.3, -0.25) is 4.79 Å². The van der Waals surface area contributed by atoms with Gasteiger partial charge in [-0.25, -0.2) is 0 Å². The summed E-state index contributed by atoms with van der Waals surface area (Å²) in [7, 11) is 0. The summed E-state index contributed by atoms with van der Waals surface area (Å²) in [6.45, 7) is 2.34. The Hall–Kier alpha value is -0.530. The van der Waals surface area contributed by atoms with Crippen molar-refractivity contribution >= 4 is 5.97 Å². The summed E-state index contributed by atoms with van der Waals surface area (Å²) >= 11 is 0. The summed E-state index contributed by atoms with van der Waals surface area (Å²) in [4.78, 5) is 11.0. The number of aliphatic carboxylic acids is 1. The third-order valence-corrected chi connectivity index (χ3v) is 5.04. The highest BCUT2D eigenvalue weighted by atomic mass is 16.4. The molecule has 2 aliphatic carbocycles. The van der Waals surface area contributed by atoms with E-state index in [1.165, 1.54) is 38.5 Å². The van der Waals surface area contributed by atoms with Crippen molar-refractivity contribution in [2.45, 2.75) is 64.7 Å². The lowest BCUT2D eigenvalue weighted by atomic mass is 9.48. The normalized spacial score (nSPS) is 28.1. The van der Waals surface area contributed by atoms with Gasteiger partial charge in [0, 0.05) is 0 Å². The molecular weight excluding hydrogens is 188 g/mol. The van der Waals surface area contributed by atoms with Crippen molar-refractivity contribution < 1.29 is 9.90 Å². The molecule has 0 atom stereocenters. The highest BCUT2D eigenvalue weighted by molar-refractivity contribution is 5.68. The molecule has 0 aromatic carbocycles. The first-order valence-corrected chi connectivity index (χ1v) is 6.30. The Morgan fingerprint density at radius 1 is 1.07 bits per heavy atom. The smallest absolute Gasteiger partial charge is 0.303 e. The quantitative estimate of drug-likeness (QED) is 0.772. The lowest BCUT2D eigenvalue weighted by molar-refractivity contribution is -0.148. The Kier molecular flexibility index (Phi) is 2.78. The number of rotatable bonds is 3. The fraction of sp³-hybridized carbons (Fsp3) is 0.923. The van der Waals surface area contributed by atoms with Crippen LogP contribution in [0.3, 0.4) is 0 Å². The van der Waals surface area contributed by atoms with Gasteiger partial charge in [-0.2, -0.15) is 0 Å². The predicted molar refractivity (Wildman–Crippen MR) is 59.7 cm³/mol. The van der Waals surface area contributed by atoms with E-state index in [2.05, 4.69) is 6.92 Å². The van der Waals surface area contributed by atoms with Crippen LogP contribution in [0.25, 0.3) is 0 Å². The Balaban J connectivity index is 2.13. The van der Waals surface area contributed by atoms with Gasteiger partial charge in [-0.05, 0) is 36.5 Å². The highest BCUT2D eigenvalue weighted by Gasteiger charge is 2.52. The van der Waals surface area contributed by atoms with Gasteiger partial charge in [-0.1, -0.05) is 32.6 Å². The molecule has 2 rings (SSSR count). The minimum atomic E-state index is -0.596. The Bertz CT molecular complexity index is 247. The molecule has 0 unspecified atom stereocenters. The van der Waals surface area contributed by atoms with Crippen molar-refractivity contribution in [3.8, 4) is 0 Å². The van der Waals surface area contributed by atoms with Crippen molar-refractivity contribution in [3.63, 3.8) is 0 Å². The summed E-state index contributed by atoms with van der Waals surface area (Å²) in [5.41, 5.74) is 0.473. The summed E-state index contributed by atoms with van der Waals surface area (Å²) in [6, 6.07) is 0. The van der Waals surface area contributed by atoms with Crippen molar-refractivity contribution in [2.75, 3.05) is 0 Å². The molecule has 2 fully saturated rings. The first kappa shape index (κ1) is 11.0. The molecule has 15 heavy (non-hydrogen) atoms. The standard InChI is InChI=1S/C13H22O2/c1-12(6-3-2-4-7-12)13(8-5-9-13)10-11(14)15/h2-10H2,1H3,(H,14,15). The zero-order valence-corrected chi connectivity index (χ0v) is 9.72. The second-order valence-corrected chi connectivity index (χ2v) is 5.83. The molecule has 0 spiro atoms. The Morgan fingerprint density at radius 2 is 1.67 bits per heavy atom. The van der Waals surface area contributed by atoms with Gasteiger partial charge in [0.15, 0.2) is 0 Å². The molecule has 0 aromatic heterocycles. The van der Waals surface area contributed by atoms with E-state index in [9.17, 15) is 4.79 Å². The van der Waals surface area contributed by atoms with Crippen LogP contribution in [0.1, 0.15) is 64.7 Å². The van der Waals surface area contributed by atoms with Gasteiger partial charge in [-0.15, -0.1) is 0 Å². The van der Waals surface area contributed by atoms with E-state index < -0.39 is 5.97 Å². The molecule has 2 saturated carbocycles. The first-order chi connectivity index (χ1) is 7.08. The highest BCUT2D eigenvalue weighted by Crippen LogP contribution is 2.61. The summed E-state index contributed by atoms with van der Waals surface area (Å²) < 4.78 is 0. The molecule has 0 radical (unpaired) electrons. The average Bonchev–Trinajstić information content (AvgIpc) is 2.12.